The molecule has 1 aromatic heterocycles. The second-order valence-corrected chi connectivity index (χ2v) is 37.3. The third-order valence-electron chi connectivity index (χ3n) is 23.4. The van der Waals surface area contributed by atoms with Crippen LogP contribution in [0.4, 0.5) is 68.2 Å². The summed E-state index contributed by atoms with van der Waals surface area (Å²) in [7, 11) is 0. The van der Waals surface area contributed by atoms with Crippen LogP contribution in [-0.2, 0) is 43.3 Å². The number of hydrogen-bond donors (Lipinski definition) is 0. The first-order valence-corrected chi connectivity index (χ1v) is 37.4. The molecule has 0 aliphatic carbocycles. The zero-order valence-corrected chi connectivity index (χ0v) is 64.6. The topological polar surface area (TPSA) is 17.9 Å². The summed E-state index contributed by atoms with van der Waals surface area (Å²) < 4.78 is 2.62. The molecular formula is C96H102BN5. The summed E-state index contributed by atoms with van der Waals surface area (Å²) in [5.74, 6) is 0. The van der Waals surface area contributed by atoms with Crippen molar-refractivity contribution in [2.24, 2.45) is 0 Å². The van der Waals surface area contributed by atoms with E-state index in [9.17, 15) is 0 Å². The molecule has 0 radical (unpaired) electrons. The second-order valence-electron chi connectivity index (χ2n) is 37.3. The van der Waals surface area contributed by atoms with Crippen LogP contribution in [0.1, 0.15) is 208 Å². The van der Waals surface area contributed by atoms with E-state index in [2.05, 4.69) is 395 Å². The minimum atomic E-state index is -0.229. The molecule has 0 saturated carbocycles. The monoisotopic (exact) mass is 1340 g/mol. The Bertz CT molecular complexity index is 4960. The molecule has 6 heteroatoms. The molecule has 0 saturated heterocycles. The molecule has 514 valence electrons. The molecule has 102 heavy (non-hydrogen) atoms. The van der Waals surface area contributed by atoms with Crippen molar-refractivity contribution in [2.45, 2.75) is 196 Å². The summed E-state index contributed by atoms with van der Waals surface area (Å²) in [6, 6.07) is 86.4. The molecule has 4 aliphatic heterocycles. The first-order chi connectivity index (χ1) is 47.9. The van der Waals surface area contributed by atoms with E-state index in [-0.39, 0.29) is 50.0 Å². The van der Waals surface area contributed by atoms with E-state index in [1.165, 1.54) is 139 Å². The van der Waals surface area contributed by atoms with E-state index in [0.717, 1.165) is 28.4 Å². The van der Waals surface area contributed by atoms with Crippen molar-refractivity contribution in [2.75, 3.05) is 19.6 Å². The van der Waals surface area contributed by atoms with E-state index in [0.29, 0.717) is 0 Å². The zero-order chi connectivity index (χ0) is 72.2. The minimum absolute atomic E-state index is 0.0706. The Morgan fingerprint density at radius 2 is 0.529 bits per heavy atom. The second kappa shape index (κ2) is 22.5. The lowest BCUT2D eigenvalue weighted by atomic mass is 9.33. The van der Waals surface area contributed by atoms with Gasteiger partial charge in [-0.2, -0.15) is 0 Å². The van der Waals surface area contributed by atoms with Crippen molar-refractivity contribution in [3.8, 4) is 5.69 Å². The Morgan fingerprint density at radius 1 is 0.245 bits per heavy atom. The quantitative estimate of drug-likeness (QED) is 0.160. The third kappa shape index (κ3) is 10.5. The van der Waals surface area contributed by atoms with Crippen molar-refractivity contribution in [3.63, 3.8) is 0 Å². The van der Waals surface area contributed by atoms with E-state index >= 15 is 0 Å². The Balaban J connectivity index is 1.09. The lowest BCUT2D eigenvalue weighted by Gasteiger charge is -2.46. The Hall–Kier alpha value is -9.52. The van der Waals surface area contributed by atoms with Crippen LogP contribution >= 0.6 is 0 Å². The van der Waals surface area contributed by atoms with Gasteiger partial charge in [0.1, 0.15) is 0 Å². The van der Waals surface area contributed by atoms with Crippen LogP contribution in [0, 0.1) is 0 Å². The Morgan fingerprint density at radius 3 is 0.833 bits per heavy atom. The van der Waals surface area contributed by atoms with Gasteiger partial charge < -0.3 is 24.2 Å². The summed E-state index contributed by atoms with van der Waals surface area (Å²) in [5.41, 5.74) is 33.2. The number of fused-ring (bicyclic) bond motifs is 11. The Kier molecular flexibility index (Phi) is 14.8. The number of benzene rings is 11. The maximum absolute atomic E-state index is 2.71. The van der Waals surface area contributed by atoms with Gasteiger partial charge in [0.05, 0.1) is 39.5 Å². The van der Waals surface area contributed by atoms with Crippen LogP contribution in [-0.4, -0.2) is 11.3 Å². The molecule has 12 aromatic rings. The molecule has 4 aliphatic rings. The summed E-state index contributed by atoms with van der Waals surface area (Å²) in [5, 5.41) is 2.53. The van der Waals surface area contributed by atoms with Crippen LogP contribution in [0.25, 0.3) is 27.5 Å². The zero-order valence-electron chi connectivity index (χ0n) is 64.6. The molecule has 0 spiro atoms. The molecular weight excluding hydrogens is 1230 g/mol. The number of hydrogen-bond acceptors (Lipinski definition) is 4. The van der Waals surface area contributed by atoms with Gasteiger partial charge in [0.25, 0.3) is 6.71 Å². The molecule has 0 bridgehead atoms. The van der Waals surface area contributed by atoms with Gasteiger partial charge in [0, 0.05) is 67.1 Å². The SMILES string of the molecule is CC(C)(C)c1cc(N2c3cc(N4c5ccccc5C(C)(C)c5ccccc54)ccc3B3c4ccc(N5c6ccccc6C(C)(C)c6ccccc65)cc4N(c4cc(C(C)(C)C)cc(C(C)(C)C)c4)c4cc(-n5c6ccc(C(C)(C)C)cc6c6cc(C(C)(C)C)ccc65)cc2c43)cc(C(C)(C)C)c1. The largest absolute Gasteiger partial charge is 0.311 e. The summed E-state index contributed by atoms with van der Waals surface area (Å²) >= 11 is 0. The molecule has 11 aromatic carbocycles. The standard InChI is InChI=1S/C96H102BN5/c1-89(2,3)59-39-45-78-70(53-59)71-54-60(90(4,5)6)40-46-79(71)100(78)69-57-86-88-87(58-69)102(68-51-63(93(13,14)15)48-64(52-68)94(16,17)18)85-56-66(99-82-37-29-25-33-74(82)96(21,22)75-34-26-30-38-83(75)99)42-44-77(85)97(88)76-43-41-65(98-80-35-27-23-31-72(80)95(19,20)73-32-24-28-36-81(73)98)55-84(76)101(86)67-49-61(91(7,8)9)47-62(50-67)92(10,11)12/h23-58H,1-22H3. The van der Waals surface area contributed by atoms with Gasteiger partial charge in [-0.05, 0) is 214 Å². The number of rotatable bonds is 5. The smallest absolute Gasteiger partial charge is 0.252 e. The molecule has 5 heterocycles. The molecule has 0 amide bonds. The van der Waals surface area contributed by atoms with E-state index < -0.39 is 0 Å². The van der Waals surface area contributed by atoms with Gasteiger partial charge in [0.15, 0.2) is 0 Å². The minimum Gasteiger partial charge on any atom is -0.311 e. The van der Waals surface area contributed by atoms with Crippen molar-refractivity contribution >= 4 is 113 Å². The maximum Gasteiger partial charge on any atom is 0.252 e. The fraction of sp³-hybridized carbons (Fsp3) is 0.312. The Labute approximate surface area is 609 Å². The van der Waals surface area contributed by atoms with Gasteiger partial charge in [-0.15, -0.1) is 0 Å². The van der Waals surface area contributed by atoms with Crippen LogP contribution in [0.3, 0.4) is 0 Å². The molecule has 0 fully saturated rings. The van der Waals surface area contributed by atoms with Crippen molar-refractivity contribution < 1.29 is 0 Å². The third-order valence-corrected chi connectivity index (χ3v) is 23.4. The highest BCUT2D eigenvalue weighted by molar-refractivity contribution is 7.00. The fourth-order valence-electron chi connectivity index (χ4n) is 17.3. The van der Waals surface area contributed by atoms with E-state index in [1.54, 1.807) is 0 Å². The molecule has 5 nitrogen and oxygen atoms in total. The molecule has 0 unspecified atom stereocenters. The predicted octanol–water partition coefficient (Wildman–Crippen LogP) is 24.9. The molecule has 0 N–H and O–H groups in total. The highest BCUT2D eigenvalue weighted by atomic mass is 15.2. The number of para-hydroxylation sites is 4. The van der Waals surface area contributed by atoms with Crippen molar-refractivity contribution in [3.05, 3.63) is 274 Å². The molecule has 0 atom stereocenters. The first-order valence-electron chi connectivity index (χ1n) is 37.4. The summed E-state index contributed by atoms with van der Waals surface area (Å²) in [6.07, 6.45) is 0. The average molecular weight is 1340 g/mol. The summed E-state index contributed by atoms with van der Waals surface area (Å²) in [6.45, 7) is 52.0. The van der Waals surface area contributed by atoms with Gasteiger partial charge in [-0.1, -0.05) is 262 Å². The first kappa shape index (κ1) is 67.0. The predicted molar refractivity (Wildman–Crippen MR) is 441 cm³/mol. The normalized spacial score (nSPS) is 15.4. The van der Waals surface area contributed by atoms with Crippen molar-refractivity contribution in [1.82, 2.24) is 4.57 Å². The van der Waals surface area contributed by atoms with Gasteiger partial charge in [0.2, 0.25) is 0 Å². The fourth-order valence-corrected chi connectivity index (χ4v) is 17.3. The number of anilines is 12. The van der Waals surface area contributed by atoms with Gasteiger partial charge in [-0.25, -0.2) is 0 Å². The molecule has 16 rings (SSSR count). The van der Waals surface area contributed by atoms with E-state index in [4.69, 9.17) is 0 Å². The van der Waals surface area contributed by atoms with E-state index in [1.807, 2.05) is 0 Å². The van der Waals surface area contributed by atoms with Crippen LogP contribution in [0.15, 0.2) is 218 Å². The lowest BCUT2D eigenvalue weighted by Crippen LogP contribution is -2.61. The maximum atomic E-state index is 2.71. The summed E-state index contributed by atoms with van der Waals surface area (Å²) in [4.78, 5) is 10.5. The van der Waals surface area contributed by atoms with Crippen LogP contribution in [0.2, 0.25) is 0 Å². The van der Waals surface area contributed by atoms with Gasteiger partial charge in [-0.3, -0.25) is 0 Å². The number of aromatic nitrogens is 1. The average Bonchev–Trinajstić information content (AvgIpc) is 0.824. The highest BCUT2D eigenvalue weighted by Gasteiger charge is 2.47. The lowest BCUT2D eigenvalue weighted by molar-refractivity contribution is 0.568. The van der Waals surface area contributed by atoms with Gasteiger partial charge >= 0.3 is 0 Å². The van der Waals surface area contributed by atoms with Crippen molar-refractivity contribution in [1.29, 1.82) is 0 Å². The van der Waals surface area contributed by atoms with Crippen LogP contribution < -0.4 is 36.0 Å². The highest BCUT2D eigenvalue weighted by Crippen LogP contribution is 2.57. The van der Waals surface area contributed by atoms with Crippen LogP contribution in [0.5, 0.6) is 0 Å². The number of nitrogens with zero attached hydrogens (tertiary/aromatic N) is 5.